The fraction of sp³-hybridized carbons (Fsp3) is 0.0714. The molecule has 0 saturated heterocycles. The van der Waals surface area contributed by atoms with Crippen molar-refractivity contribution in [2.45, 2.75) is 10.7 Å². The topological polar surface area (TPSA) is 29.1 Å². The molecule has 0 aliphatic heterocycles. The molecule has 2 nitrogen and oxygen atoms in total. The summed E-state index contributed by atoms with van der Waals surface area (Å²) in [5.41, 5.74) is 0.666. The molecule has 0 aliphatic rings. The molecule has 0 heterocycles. The van der Waals surface area contributed by atoms with Gasteiger partial charge in [0.05, 0.1) is 21.2 Å². The molecule has 21 heavy (non-hydrogen) atoms. The van der Waals surface area contributed by atoms with Gasteiger partial charge in [-0.15, -0.1) is 0 Å². The lowest BCUT2D eigenvalue weighted by molar-refractivity contribution is 0.102. The third kappa shape index (κ3) is 4.18. The van der Waals surface area contributed by atoms with E-state index in [9.17, 15) is 13.6 Å². The zero-order valence-corrected chi connectivity index (χ0v) is 13.6. The van der Waals surface area contributed by atoms with Crippen molar-refractivity contribution in [3.8, 4) is 0 Å². The van der Waals surface area contributed by atoms with Crippen LogP contribution in [0, 0.1) is 0 Å². The first kappa shape index (κ1) is 16.3. The summed E-state index contributed by atoms with van der Waals surface area (Å²) in [6.45, 7) is 0. The lowest BCUT2D eigenvalue weighted by atomic mass is 10.2. The third-order valence-corrected chi connectivity index (χ3v) is 4.51. The molecule has 0 spiro atoms. The molecule has 0 unspecified atom stereocenters. The van der Waals surface area contributed by atoms with Crippen molar-refractivity contribution >= 4 is 50.9 Å². The third-order valence-electron chi connectivity index (χ3n) is 2.54. The molecular weight excluding hydrogens is 384 g/mol. The Labute approximate surface area is 138 Å². The van der Waals surface area contributed by atoms with Gasteiger partial charge >= 0.3 is 0 Å². The molecule has 0 radical (unpaired) electrons. The Morgan fingerprint density at radius 3 is 2.57 bits per heavy atom. The van der Waals surface area contributed by atoms with Crippen molar-refractivity contribution in [1.82, 2.24) is 0 Å². The maximum absolute atomic E-state index is 12.6. The molecule has 0 fully saturated rings. The minimum Gasteiger partial charge on any atom is -0.321 e. The maximum atomic E-state index is 12.6. The van der Waals surface area contributed by atoms with E-state index in [0.29, 0.717) is 21.8 Å². The minimum atomic E-state index is -2.62. The second kappa shape index (κ2) is 7.24. The summed E-state index contributed by atoms with van der Waals surface area (Å²) in [4.78, 5) is 12.4. The number of carbonyl (C=O) groups excluding carboxylic acids is 1. The van der Waals surface area contributed by atoms with Crippen LogP contribution in [0.4, 0.5) is 14.5 Å². The first-order valence-corrected chi connectivity index (χ1v) is 7.83. The van der Waals surface area contributed by atoms with E-state index in [1.54, 1.807) is 30.3 Å². The summed E-state index contributed by atoms with van der Waals surface area (Å²) in [6, 6.07) is 11.5. The zero-order valence-electron chi connectivity index (χ0n) is 10.4. The van der Waals surface area contributed by atoms with Crippen LogP contribution in [0.15, 0.2) is 51.8 Å². The van der Waals surface area contributed by atoms with E-state index in [0.717, 1.165) is 0 Å². The Kier molecular flexibility index (Phi) is 5.61. The lowest BCUT2D eigenvalue weighted by Crippen LogP contribution is -2.13. The van der Waals surface area contributed by atoms with Gasteiger partial charge in [0.15, 0.2) is 0 Å². The highest BCUT2D eigenvalue weighted by atomic mass is 79.9. The minimum absolute atomic E-state index is 0.148. The van der Waals surface area contributed by atoms with E-state index in [1.807, 2.05) is 0 Å². The predicted octanol–water partition coefficient (Wildman–Crippen LogP) is 5.67. The second-order valence-corrected chi connectivity index (χ2v) is 6.19. The van der Waals surface area contributed by atoms with Crippen molar-refractivity contribution in [3.05, 3.63) is 57.5 Å². The van der Waals surface area contributed by atoms with E-state index in [-0.39, 0.29) is 15.6 Å². The first-order chi connectivity index (χ1) is 9.99. The van der Waals surface area contributed by atoms with Gasteiger partial charge in [0.2, 0.25) is 0 Å². The number of nitrogens with one attached hydrogen (secondary N) is 1. The van der Waals surface area contributed by atoms with E-state index in [4.69, 9.17) is 11.6 Å². The summed E-state index contributed by atoms with van der Waals surface area (Å²) in [7, 11) is 0. The van der Waals surface area contributed by atoms with Gasteiger partial charge in [-0.2, -0.15) is 8.78 Å². The number of anilines is 1. The van der Waals surface area contributed by atoms with Gasteiger partial charge in [0.1, 0.15) is 0 Å². The Morgan fingerprint density at radius 2 is 1.90 bits per heavy atom. The molecule has 0 atom stereocenters. The number of benzene rings is 2. The highest BCUT2D eigenvalue weighted by molar-refractivity contribution is 9.10. The molecule has 2 rings (SSSR count). The van der Waals surface area contributed by atoms with Gasteiger partial charge in [-0.1, -0.05) is 41.6 Å². The van der Waals surface area contributed by atoms with E-state index < -0.39 is 11.7 Å². The Balaban J connectivity index is 2.29. The number of hydrogen-bond donors (Lipinski definition) is 1. The average molecular weight is 393 g/mol. The Morgan fingerprint density at radius 1 is 1.19 bits per heavy atom. The van der Waals surface area contributed by atoms with Crippen LogP contribution in [-0.4, -0.2) is 11.7 Å². The number of rotatable bonds is 4. The van der Waals surface area contributed by atoms with Crippen molar-refractivity contribution in [3.63, 3.8) is 0 Å². The molecule has 110 valence electrons. The number of alkyl halides is 2. The SMILES string of the molecule is O=C(Nc1cccc(Cl)c1SC(F)F)c1ccccc1Br. The predicted molar refractivity (Wildman–Crippen MR) is 85.4 cm³/mol. The second-order valence-electron chi connectivity index (χ2n) is 3.93. The molecule has 2 aromatic carbocycles. The number of amides is 1. The average Bonchev–Trinajstić information content (AvgIpc) is 2.42. The largest absolute Gasteiger partial charge is 0.321 e. The molecule has 1 amide bonds. The fourth-order valence-corrected chi connectivity index (χ4v) is 3.03. The van der Waals surface area contributed by atoms with E-state index in [2.05, 4.69) is 21.2 Å². The number of hydrogen-bond acceptors (Lipinski definition) is 2. The smallest absolute Gasteiger partial charge is 0.289 e. The monoisotopic (exact) mass is 391 g/mol. The normalized spacial score (nSPS) is 10.7. The van der Waals surface area contributed by atoms with Crippen LogP contribution >= 0.6 is 39.3 Å². The van der Waals surface area contributed by atoms with Crippen molar-refractivity contribution < 1.29 is 13.6 Å². The van der Waals surface area contributed by atoms with E-state index >= 15 is 0 Å². The molecular formula is C14H9BrClF2NOS. The number of thioether (sulfide) groups is 1. The summed E-state index contributed by atoms with van der Waals surface area (Å²) < 4.78 is 25.8. The standard InChI is InChI=1S/C14H9BrClF2NOS/c15-9-5-2-1-4-8(9)13(20)19-11-7-3-6-10(16)12(11)21-14(17)18/h1-7,14H,(H,19,20). The van der Waals surface area contributed by atoms with Gasteiger partial charge in [-0.05, 0) is 40.2 Å². The van der Waals surface area contributed by atoms with Crippen LogP contribution in [0.25, 0.3) is 0 Å². The molecule has 0 aliphatic carbocycles. The van der Waals surface area contributed by atoms with Crippen LogP contribution in [0.3, 0.4) is 0 Å². The number of halogens is 4. The van der Waals surface area contributed by atoms with Gasteiger partial charge in [-0.25, -0.2) is 0 Å². The van der Waals surface area contributed by atoms with Crippen LogP contribution in [-0.2, 0) is 0 Å². The van der Waals surface area contributed by atoms with Gasteiger partial charge in [0.25, 0.3) is 11.7 Å². The van der Waals surface area contributed by atoms with Crippen LogP contribution in [0.5, 0.6) is 0 Å². The summed E-state index contributed by atoms with van der Waals surface area (Å²) in [6.07, 6.45) is 0. The van der Waals surface area contributed by atoms with Crippen molar-refractivity contribution in [2.75, 3.05) is 5.32 Å². The molecule has 1 N–H and O–H groups in total. The number of carbonyl (C=O) groups is 1. The summed E-state index contributed by atoms with van der Waals surface area (Å²) >= 11 is 9.49. The highest BCUT2D eigenvalue weighted by Gasteiger charge is 2.17. The summed E-state index contributed by atoms with van der Waals surface area (Å²) in [5, 5.41) is 2.78. The van der Waals surface area contributed by atoms with Crippen molar-refractivity contribution in [2.24, 2.45) is 0 Å². The maximum Gasteiger partial charge on any atom is 0.289 e. The molecule has 0 bridgehead atoms. The van der Waals surface area contributed by atoms with Crippen LogP contribution in [0.2, 0.25) is 5.02 Å². The molecule has 7 heteroatoms. The highest BCUT2D eigenvalue weighted by Crippen LogP contribution is 2.37. The van der Waals surface area contributed by atoms with Crippen molar-refractivity contribution in [1.29, 1.82) is 0 Å². The molecule has 2 aromatic rings. The quantitative estimate of drug-likeness (QED) is 0.679. The van der Waals surface area contributed by atoms with Crippen LogP contribution in [0.1, 0.15) is 10.4 Å². The van der Waals surface area contributed by atoms with Crippen LogP contribution < -0.4 is 5.32 Å². The Hall–Kier alpha value is -1.11. The lowest BCUT2D eigenvalue weighted by Gasteiger charge is -2.12. The molecule has 0 saturated carbocycles. The molecule has 0 aromatic heterocycles. The van der Waals surface area contributed by atoms with Gasteiger partial charge in [0, 0.05) is 4.47 Å². The first-order valence-electron chi connectivity index (χ1n) is 5.78. The van der Waals surface area contributed by atoms with Gasteiger partial charge < -0.3 is 5.32 Å². The Bertz CT molecular complexity index is 669. The van der Waals surface area contributed by atoms with E-state index in [1.165, 1.54) is 12.1 Å². The van der Waals surface area contributed by atoms with Gasteiger partial charge in [-0.3, -0.25) is 4.79 Å². The summed E-state index contributed by atoms with van der Waals surface area (Å²) in [5.74, 6) is -3.02. The zero-order chi connectivity index (χ0) is 15.4. The fourth-order valence-electron chi connectivity index (χ4n) is 1.65.